The van der Waals surface area contributed by atoms with Gasteiger partial charge in [0, 0.05) is 11.9 Å². The molecule has 110 valence electrons. The molecule has 3 rings (SSSR count). The van der Waals surface area contributed by atoms with Gasteiger partial charge in [-0.1, -0.05) is 12.1 Å². The molecule has 1 aliphatic heterocycles. The Morgan fingerprint density at radius 1 is 1.43 bits per heavy atom. The maximum atomic E-state index is 13.0. The largest absolute Gasteiger partial charge is 0.375 e. The molecule has 1 fully saturated rings. The van der Waals surface area contributed by atoms with Crippen molar-refractivity contribution in [3.8, 4) is 0 Å². The Morgan fingerprint density at radius 2 is 2.19 bits per heavy atom. The van der Waals surface area contributed by atoms with Crippen molar-refractivity contribution in [2.24, 2.45) is 0 Å². The number of nitrogen functional groups attached to an aromatic ring is 1. The van der Waals surface area contributed by atoms with Gasteiger partial charge in [0.2, 0.25) is 0 Å². The van der Waals surface area contributed by atoms with E-state index in [1.54, 1.807) is 22.4 Å². The van der Waals surface area contributed by atoms with Crippen LogP contribution in [0.2, 0.25) is 0 Å². The van der Waals surface area contributed by atoms with E-state index in [1.165, 1.54) is 23.5 Å². The van der Waals surface area contributed by atoms with Crippen molar-refractivity contribution in [3.05, 3.63) is 46.7 Å². The summed E-state index contributed by atoms with van der Waals surface area (Å²) in [6.45, 7) is 1.36. The first-order valence-electron chi connectivity index (χ1n) is 6.51. The molecular weight excluding hydrogens is 293 g/mol. The summed E-state index contributed by atoms with van der Waals surface area (Å²) in [4.78, 5) is 18.0. The third kappa shape index (κ3) is 3.03. The van der Waals surface area contributed by atoms with Crippen molar-refractivity contribution in [2.45, 2.75) is 6.10 Å². The molecule has 1 aliphatic rings. The molecule has 1 aromatic carbocycles. The summed E-state index contributed by atoms with van der Waals surface area (Å²) in [5.41, 5.74) is 6.77. The zero-order chi connectivity index (χ0) is 14.8. The molecule has 7 heteroatoms. The molecule has 0 radical (unpaired) electrons. The highest BCUT2D eigenvalue weighted by Crippen LogP contribution is 2.24. The van der Waals surface area contributed by atoms with Crippen LogP contribution < -0.4 is 5.73 Å². The second-order valence-corrected chi connectivity index (χ2v) is 5.62. The number of thiazole rings is 1. The second-order valence-electron chi connectivity index (χ2n) is 4.73. The molecule has 2 aromatic rings. The van der Waals surface area contributed by atoms with Gasteiger partial charge in [0.1, 0.15) is 17.6 Å². The molecule has 1 atom stereocenters. The monoisotopic (exact) mass is 307 g/mol. The lowest BCUT2D eigenvalue weighted by molar-refractivity contribution is -0.0230. The average molecular weight is 307 g/mol. The SMILES string of the molecule is Nc1nc(C(=O)N2CCOC(c3ccc(F)cc3)C2)cs1. The molecule has 1 aromatic heterocycles. The Kier molecular flexibility index (Phi) is 3.85. The highest BCUT2D eigenvalue weighted by atomic mass is 32.1. The van der Waals surface area contributed by atoms with Gasteiger partial charge in [-0.05, 0) is 17.7 Å². The van der Waals surface area contributed by atoms with Gasteiger partial charge in [-0.25, -0.2) is 9.37 Å². The topological polar surface area (TPSA) is 68.5 Å². The smallest absolute Gasteiger partial charge is 0.273 e. The molecule has 1 amide bonds. The molecule has 0 spiro atoms. The Labute approximate surface area is 125 Å². The number of anilines is 1. The number of hydrogen-bond donors (Lipinski definition) is 1. The molecule has 21 heavy (non-hydrogen) atoms. The third-order valence-corrected chi connectivity index (χ3v) is 4.01. The number of hydrogen-bond acceptors (Lipinski definition) is 5. The van der Waals surface area contributed by atoms with Gasteiger partial charge in [-0.3, -0.25) is 4.79 Å². The second kappa shape index (κ2) is 5.79. The fraction of sp³-hybridized carbons (Fsp3) is 0.286. The number of ether oxygens (including phenoxy) is 1. The summed E-state index contributed by atoms with van der Waals surface area (Å²) in [7, 11) is 0. The highest BCUT2D eigenvalue weighted by molar-refractivity contribution is 7.13. The fourth-order valence-corrected chi connectivity index (χ4v) is 2.80. The van der Waals surface area contributed by atoms with Crippen molar-refractivity contribution in [1.82, 2.24) is 9.88 Å². The predicted molar refractivity (Wildman–Crippen MR) is 77.5 cm³/mol. The Balaban J connectivity index is 1.73. The van der Waals surface area contributed by atoms with Crippen LogP contribution >= 0.6 is 11.3 Å². The van der Waals surface area contributed by atoms with Crippen molar-refractivity contribution in [2.75, 3.05) is 25.4 Å². The summed E-state index contributed by atoms with van der Waals surface area (Å²) in [5.74, 6) is -0.446. The first kappa shape index (κ1) is 14.0. The van der Waals surface area contributed by atoms with Crippen LogP contribution in [-0.2, 0) is 4.74 Å². The molecule has 1 saturated heterocycles. The number of halogens is 1. The number of nitrogens with two attached hydrogens (primary N) is 1. The van der Waals surface area contributed by atoms with Crippen LogP contribution in [0.1, 0.15) is 22.2 Å². The van der Waals surface area contributed by atoms with Gasteiger partial charge in [0.05, 0.1) is 13.2 Å². The molecule has 0 saturated carbocycles. The number of benzene rings is 1. The number of carbonyl (C=O) groups excluding carboxylic acids is 1. The van der Waals surface area contributed by atoms with Gasteiger partial charge < -0.3 is 15.4 Å². The maximum absolute atomic E-state index is 13.0. The van der Waals surface area contributed by atoms with E-state index in [4.69, 9.17) is 10.5 Å². The number of aromatic nitrogens is 1. The summed E-state index contributed by atoms with van der Waals surface area (Å²) in [6, 6.07) is 6.13. The standard InChI is InChI=1S/C14H14FN3O2S/c15-10-3-1-9(2-4-10)12-7-18(5-6-20-12)13(19)11-8-21-14(16)17-11/h1-4,8,12H,5-7H2,(H2,16,17). The van der Waals surface area contributed by atoms with Crippen LogP contribution in [0.3, 0.4) is 0 Å². The quantitative estimate of drug-likeness (QED) is 0.922. The first-order chi connectivity index (χ1) is 10.1. The number of amides is 1. The van der Waals surface area contributed by atoms with Gasteiger partial charge in [-0.15, -0.1) is 11.3 Å². The van der Waals surface area contributed by atoms with Crippen molar-refractivity contribution >= 4 is 22.4 Å². The minimum atomic E-state index is -0.291. The van der Waals surface area contributed by atoms with Crippen molar-refractivity contribution < 1.29 is 13.9 Å². The van der Waals surface area contributed by atoms with Crippen molar-refractivity contribution in [1.29, 1.82) is 0 Å². The lowest BCUT2D eigenvalue weighted by atomic mass is 10.1. The predicted octanol–water partition coefficient (Wildman–Crippen LogP) is 2.08. The lowest BCUT2D eigenvalue weighted by Gasteiger charge is -2.32. The molecule has 5 nitrogen and oxygen atoms in total. The number of rotatable bonds is 2. The van der Waals surface area contributed by atoms with Crippen LogP contribution in [0, 0.1) is 5.82 Å². The van der Waals surface area contributed by atoms with E-state index in [0.29, 0.717) is 30.5 Å². The van der Waals surface area contributed by atoms with E-state index in [0.717, 1.165) is 5.56 Å². The summed E-state index contributed by atoms with van der Waals surface area (Å²) >= 11 is 1.24. The fourth-order valence-electron chi connectivity index (χ4n) is 2.26. The Morgan fingerprint density at radius 3 is 2.86 bits per heavy atom. The van der Waals surface area contributed by atoms with Gasteiger partial charge in [-0.2, -0.15) is 0 Å². The molecule has 0 aliphatic carbocycles. The minimum absolute atomic E-state index is 0.154. The lowest BCUT2D eigenvalue weighted by Crippen LogP contribution is -2.42. The average Bonchev–Trinajstić information content (AvgIpc) is 2.94. The van der Waals surface area contributed by atoms with Gasteiger partial charge in [0.25, 0.3) is 5.91 Å². The zero-order valence-electron chi connectivity index (χ0n) is 11.2. The number of morpholine rings is 1. The molecule has 1 unspecified atom stereocenters. The summed E-state index contributed by atoms with van der Waals surface area (Å²) in [6.07, 6.45) is -0.251. The highest BCUT2D eigenvalue weighted by Gasteiger charge is 2.27. The molecule has 2 N–H and O–H groups in total. The number of nitrogens with zero attached hydrogens (tertiary/aromatic N) is 2. The van der Waals surface area contributed by atoms with E-state index >= 15 is 0 Å². The minimum Gasteiger partial charge on any atom is -0.375 e. The molecule has 0 bridgehead atoms. The van der Waals surface area contributed by atoms with Crippen LogP contribution in [0.4, 0.5) is 9.52 Å². The summed E-state index contributed by atoms with van der Waals surface area (Å²) < 4.78 is 18.6. The Hall–Kier alpha value is -1.99. The van der Waals surface area contributed by atoms with Gasteiger partial charge >= 0.3 is 0 Å². The van der Waals surface area contributed by atoms with Crippen LogP contribution in [0.25, 0.3) is 0 Å². The van der Waals surface area contributed by atoms with E-state index < -0.39 is 0 Å². The van der Waals surface area contributed by atoms with Gasteiger partial charge in [0.15, 0.2) is 5.13 Å². The normalized spacial score (nSPS) is 18.7. The van der Waals surface area contributed by atoms with E-state index in [9.17, 15) is 9.18 Å². The van der Waals surface area contributed by atoms with Crippen LogP contribution in [0.5, 0.6) is 0 Å². The molecular formula is C14H14FN3O2S. The Bertz CT molecular complexity index is 644. The maximum Gasteiger partial charge on any atom is 0.273 e. The van der Waals surface area contributed by atoms with Crippen molar-refractivity contribution in [3.63, 3.8) is 0 Å². The first-order valence-corrected chi connectivity index (χ1v) is 7.39. The zero-order valence-corrected chi connectivity index (χ0v) is 12.0. The van der Waals surface area contributed by atoms with Crippen LogP contribution in [-0.4, -0.2) is 35.5 Å². The van der Waals surface area contributed by atoms with E-state index in [2.05, 4.69) is 4.98 Å². The van der Waals surface area contributed by atoms with E-state index in [-0.39, 0.29) is 17.8 Å². The number of carbonyl (C=O) groups is 1. The summed E-state index contributed by atoms with van der Waals surface area (Å²) in [5, 5.41) is 2.03. The molecule has 2 heterocycles. The van der Waals surface area contributed by atoms with E-state index in [1.807, 2.05) is 0 Å². The van der Waals surface area contributed by atoms with Crippen LogP contribution in [0.15, 0.2) is 29.6 Å². The third-order valence-electron chi connectivity index (χ3n) is 3.34.